The molecule has 0 saturated heterocycles. The zero-order valence-electron chi connectivity index (χ0n) is 17.3. The lowest BCUT2D eigenvalue weighted by atomic mass is 10.1. The van der Waals surface area contributed by atoms with Crippen molar-refractivity contribution in [1.82, 2.24) is 0 Å². The monoisotopic (exact) mass is 650 g/mol. The van der Waals surface area contributed by atoms with Gasteiger partial charge >= 0.3 is 0 Å². The number of benzene rings is 3. The number of amides is 1. The quantitative estimate of drug-likeness (QED) is 0.174. The number of hydrogen-bond donors (Lipinski definition) is 1. The molecule has 162 valence electrons. The van der Waals surface area contributed by atoms with Crippen LogP contribution in [0.2, 0.25) is 0 Å². The van der Waals surface area contributed by atoms with Gasteiger partial charge in [0, 0.05) is 9.26 Å². The molecule has 0 aliphatic heterocycles. The standard InChI is InChI=1S/C25H20I2N2O3/c1-2-31-22-10-8-21(9-11-22)29-25(30)19(15-28)13-18-5-12-24(23(27)14-18)32-16-17-3-6-20(26)7-4-17/h3-14H,2,16H2,1H3,(H,29,30). The molecule has 0 aliphatic carbocycles. The van der Waals surface area contributed by atoms with Gasteiger partial charge in [-0.3, -0.25) is 4.79 Å². The Balaban J connectivity index is 1.66. The topological polar surface area (TPSA) is 71.3 Å². The van der Waals surface area contributed by atoms with Crippen molar-refractivity contribution in [2.75, 3.05) is 11.9 Å². The minimum absolute atomic E-state index is 0.0160. The summed E-state index contributed by atoms with van der Waals surface area (Å²) in [6.07, 6.45) is 1.56. The Labute approximate surface area is 214 Å². The van der Waals surface area contributed by atoms with E-state index in [2.05, 4.69) is 50.5 Å². The fourth-order valence-electron chi connectivity index (χ4n) is 2.78. The molecule has 0 atom stereocenters. The van der Waals surface area contributed by atoms with Gasteiger partial charge in [-0.1, -0.05) is 18.2 Å². The fraction of sp³-hybridized carbons (Fsp3) is 0.120. The van der Waals surface area contributed by atoms with Gasteiger partial charge in [-0.2, -0.15) is 5.26 Å². The maximum absolute atomic E-state index is 12.5. The average molecular weight is 650 g/mol. The molecular formula is C25H20I2N2O3. The summed E-state index contributed by atoms with van der Waals surface area (Å²) in [4.78, 5) is 12.5. The summed E-state index contributed by atoms with van der Waals surface area (Å²) in [5, 5.41) is 12.2. The first kappa shape index (κ1) is 24.1. The maximum Gasteiger partial charge on any atom is 0.266 e. The predicted molar refractivity (Wildman–Crippen MR) is 142 cm³/mol. The number of ether oxygens (including phenoxy) is 2. The van der Waals surface area contributed by atoms with Crippen LogP contribution in [-0.2, 0) is 11.4 Å². The van der Waals surface area contributed by atoms with Crippen LogP contribution in [0.25, 0.3) is 6.08 Å². The first-order valence-corrected chi connectivity index (χ1v) is 12.0. The molecule has 5 nitrogen and oxygen atoms in total. The van der Waals surface area contributed by atoms with E-state index in [1.165, 1.54) is 3.57 Å². The summed E-state index contributed by atoms with van der Waals surface area (Å²) in [5.74, 6) is 1.00. The normalized spacial score (nSPS) is 10.9. The molecule has 0 bridgehead atoms. The number of carbonyl (C=O) groups excluding carboxylic acids is 1. The van der Waals surface area contributed by atoms with E-state index < -0.39 is 5.91 Å². The molecule has 0 unspecified atom stereocenters. The molecule has 1 amide bonds. The molecule has 3 rings (SSSR count). The molecular weight excluding hydrogens is 630 g/mol. The van der Waals surface area contributed by atoms with Gasteiger partial charge in [-0.05, 0) is 118 Å². The fourth-order valence-corrected chi connectivity index (χ4v) is 3.84. The molecule has 3 aromatic carbocycles. The Morgan fingerprint density at radius 3 is 2.38 bits per heavy atom. The molecule has 7 heteroatoms. The molecule has 32 heavy (non-hydrogen) atoms. The number of carbonyl (C=O) groups is 1. The van der Waals surface area contributed by atoms with E-state index in [1.807, 2.05) is 55.5 Å². The largest absolute Gasteiger partial charge is 0.494 e. The van der Waals surface area contributed by atoms with Crippen molar-refractivity contribution in [3.63, 3.8) is 0 Å². The van der Waals surface area contributed by atoms with E-state index in [4.69, 9.17) is 9.47 Å². The predicted octanol–water partition coefficient (Wildman–Crippen LogP) is 6.42. The van der Waals surface area contributed by atoms with Crippen molar-refractivity contribution in [3.05, 3.63) is 90.6 Å². The molecule has 3 aromatic rings. The van der Waals surface area contributed by atoms with Crippen molar-refractivity contribution in [2.45, 2.75) is 13.5 Å². The first-order valence-electron chi connectivity index (χ1n) is 9.81. The highest BCUT2D eigenvalue weighted by molar-refractivity contribution is 14.1. The number of halogens is 2. The minimum Gasteiger partial charge on any atom is -0.494 e. The summed E-state index contributed by atoms with van der Waals surface area (Å²) in [5.41, 5.74) is 2.44. The first-order chi connectivity index (χ1) is 15.5. The van der Waals surface area contributed by atoms with Crippen molar-refractivity contribution >= 4 is 62.9 Å². The van der Waals surface area contributed by atoms with E-state index in [1.54, 1.807) is 30.3 Å². The van der Waals surface area contributed by atoms with Crippen LogP contribution in [0.15, 0.2) is 72.3 Å². The molecule has 0 saturated carbocycles. The van der Waals surface area contributed by atoms with Gasteiger partial charge in [0.25, 0.3) is 5.91 Å². The van der Waals surface area contributed by atoms with Gasteiger partial charge in [0.2, 0.25) is 0 Å². The van der Waals surface area contributed by atoms with Gasteiger partial charge in [-0.15, -0.1) is 0 Å². The van der Waals surface area contributed by atoms with Crippen LogP contribution in [-0.4, -0.2) is 12.5 Å². The maximum atomic E-state index is 12.5. The Morgan fingerprint density at radius 2 is 1.75 bits per heavy atom. The highest BCUT2D eigenvalue weighted by Gasteiger charge is 2.11. The number of nitriles is 1. The molecule has 0 aromatic heterocycles. The van der Waals surface area contributed by atoms with Gasteiger partial charge in [0.15, 0.2) is 0 Å². The second kappa shape index (κ2) is 11.9. The SMILES string of the molecule is CCOc1ccc(NC(=O)C(C#N)=Cc2ccc(OCc3ccc(I)cc3)c(I)c2)cc1. The Kier molecular flexibility index (Phi) is 8.93. The van der Waals surface area contributed by atoms with Crippen LogP contribution in [0.3, 0.4) is 0 Å². The number of nitrogens with zero attached hydrogens (tertiary/aromatic N) is 1. The van der Waals surface area contributed by atoms with Crippen LogP contribution < -0.4 is 14.8 Å². The van der Waals surface area contributed by atoms with Crippen LogP contribution in [0, 0.1) is 18.5 Å². The molecule has 0 fully saturated rings. The van der Waals surface area contributed by atoms with E-state index in [-0.39, 0.29) is 5.57 Å². The van der Waals surface area contributed by atoms with Crippen molar-refractivity contribution in [3.8, 4) is 17.6 Å². The zero-order chi connectivity index (χ0) is 22.9. The van der Waals surface area contributed by atoms with Crippen LogP contribution in [0.4, 0.5) is 5.69 Å². The van der Waals surface area contributed by atoms with Gasteiger partial charge in [-0.25, -0.2) is 0 Å². The van der Waals surface area contributed by atoms with E-state index in [9.17, 15) is 10.1 Å². The van der Waals surface area contributed by atoms with Gasteiger partial charge in [0.05, 0.1) is 10.2 Å². The Hall–Kier alpha value is -2.58. The van der Waals surface area contributed by atoms with Crippen LogP contribution >= 0.6 is 45.2 Å². The summed E-state index contributed by atoms with van der Waals surface area (Å²) in [7, 11) is 0. The minimum atomic E-state index is -0.467. The second-order valence-corrected chi connectivity index (χ2v) is 9.09. The van der Waals surface area contributed by atoms with Crippen molar-refractivity contribution in [1.29, 1.82) is 5.26 Å². The third kappa shape index (κ3) is 6.97. The molecule has 1 N–H and O–H groups in total. The third-order valence-corrected chi connectivity index (χ3v) is 5.92. The second-order valence-electron chi connectivity index (χ2n) is 6.69. The summed E-state index contributed by atoms with van der Waals surface area (Å²) in [6, 6.07) is 22.7. The van der Waals surface area contributed by atoms with E-state index >= 15 is 0 Å². The van der Waals surface area contributed by atoms with Gasteiger partial charge in [0.1, 0.15) is 29.7 Å². The Bertz CT molecular complexity index is 1150. The number of rotatable bonds is 8. The number of anilines is 1. The highest BCUT2D eigenvalue weighted by atomic mass is 127. The smallest absolute Gasteiger partial charge is 0.266 e. The molecule has 0 radical (unpaired) electrons. The number of hydrogen-bond acceptors (Lipinski definition) is 4. The zero-order valence-corrected chi connectivity index (χ0v) is 21.6. The summed E-state index contributed by atoms with van der Waals surface area (Å²) < 4.78 is 13.4. The highest BCUT2D eigenvalue weighted by Crippen LogP contribution is 2.25. The van der Waals surface area contributed by atoms with Crippen LogP contribution in [0.1, 0.15) is 18.1 Å². The van der Waals surface area contributed by atoms with Crippen molar-refractivity contribution < 1.29 is 14.3 Å². The van der Waals surface area contributed by atoms with E-state index in [0.29, 0.717) is 18.9 Å². The number of nitrogens with one attached hydrogen (secondary N) is 1. The van der Waals surface area contributed by atoms with E-state index in [0.717, 1.165) is 26.2 Å². The molecule has 0 spiro atoms. The lowest BCUT2D eigenvalue weighted by Gasteiger charge is -2.10. The Morgan fingerprint density at radius 1 is 1.03 bits per heavy atom. The van der Waals surface area contributed by atoms with Gasteiger partial charge < -0.3 is 14.8 Å². The molecule has 0 heterocycles. The molecule has 0 aliphatic rings. The lowest BCUT2D eigenvalue weighted by Crippen LogP contribution is -2.13. The van der Waals surface area contributed by atoms with Crippen LogP contribution in [0.5, 0.6) is 11.5 Å². The third-order valence-electron chi connectivity index (χ3n) is 4.36. The summed E-state index contributed by atoms with van der Waals surface area (Å²) >= 11 is 4.46. The average Bonchev–Trinajstić information content (AvgIpc) is 2.79. The lowest BCUT2D eigenvalue weighted by molar-refractivity contribution is -0.112. The summed E-state index contributed by atoms with van der Waals surface area (Å²) in [6.45, 7) is 2.95. The van der Waals surface area contributed by atoms with Crippen molar-refractivity contribution in [2.24, 2.45) is 0 Å².